The van der Waals surface area contributed by atoms with Crippen LogP contribution in [0.4, 0.5) is 0 Å². The lowest BCUT2D eigenvalue weighted by Gasteiger charge is -2.26. The molecule has 0 amide bonds. The van der Waals surface area contributed by atoms with E-state index >= 15 is 0 Å². The maximum Gasteiger partial charge on any atom is 0.0703 e. The normalized spacial score (nSPS) is 26.6. The van der Waals surface area contributed by atoms with Crippen LogP contribution in [0, 0.1) is 6.92 Å². The first kappa shape index (κ1) is 14.5. The van der Waals surface area contributed by atoms with Gasteiger partial charge in [-0.2, -0.15) is 0 Å². The van der Waals surface area contributed by atoms with Crippen molar-refractivity contribution in [1.29, 1.82) is 0 Å². The Balaban J connectivity index is 1.58. The molecule has 1 aliphatic heterocycles. The predicted octanol–water partition coefficient (Wildman–Crippen LogP) is 2.92. The molecule has 3 nitrogen and oxygen atoms in total. The number of nitrogens with zero attached hydrogens (tertiary/aromatic N) is 1. The van der Waals surface area contributed by atoms with Gasteiger partial charge in [-0.1, -0.05) is 0 Å². The molecule has 2 atom stereocenters. The largest absolute Gasteiger partial charge is 0.377 e. The monoisotopic (exact) mass is 294 g/mol. The molecule has 3 rings (SSSR count). The van der Waals surface area contributed by atoms with Crippen molar-refractivity contribution in [3.8, 4) is 0 Å². The molecule has 1 aliphatic carbocycles. The van der Waals surface area contributed by atoms with Gasteiger partial charge in [-0.15, -0.1) is 11.3 Å². The highest BCUT2D eigenvalue weighted by atomic mass is 32.1. The minimum absolute atomic E-state index is 0.370. The zero-order valence-electron chi connectivity index (χ0n) is 12.8. The molecule has 1 aromatic rings. The van der Waals surface area contributed by atoms with Gasteiger partial charge in [0.15, 0.2) is 0 Å². The van der Waals surface area contributed by atoms with Crippen molar-refractivity contribution in [3.05, 3.63) is 21.4 Å². The Morgan fingerprint density at radius 1 is 1.40 bits per heavy atom. The van der Waals surface area contributed by atoms with Crippen LogP contribution in [0.3, 0.4) is 0 Å². The second-order valence-electron chi connectivity index (χ2n) is 6.30. The van der Waals surface area contributed by atoms with E-state index in [1.165, 1.54) is 28.2 Å². The Hall–Kier alpha value is -0.420. The van der Waals surface area contributed by atoms with Crippen LogP contribution < -0.4 is 5.32 Å². The molecular formula is C16H26N2OS. The van der Waals surface area contributed by atoms with E-state index in [0.717, 1.165) is 32.2 Å². The van der Waals surface area contributed by atoms with Gasteiger partial charge in [0, 0.05) is 41.5 Å². The number of nitrogens with one attached hydrogen (secondary N) is 1. The SMILES string of the molecule is Cc1sc(CNC2CC2)cc1CN(C)C1CCOC1C. The molecule has 1 N–H and O–H groups in total. The molecule has 112 valence electrons. The van der Waals surface area contributed by atoms with Gasteiger partial charge in [0.05, 0.1) is 6.10 Å². The molecule has 2 heterocycles. The van der Waals surface area contributed by atoms with Crippen LogP contribution in [-0.4, -0.2) is 36.7 Å². The smallest absolute Gasteiger partial charge is 0.0703 e. The average molecular weight is 294 g/mol. The van der Waals surface area contributed by atoms with Gasteiger partial charge >= 0.3 is 0 Å². The van der Waals surface area contributed by atoms with E-state index in [1.54, 1.807) is 0 Å². The summed E-state index contributed by atoms with van der Waals surface area (Å²) in [6.07, 6.45) is 4.26. The van der Waals surface area contributed by atoms with Crippen molar-refractivity contribution in [2.24, 2.45) is 0 Å². The van der Waals surface area contributed by atoms with Crippen molar-refractivity contribution >= 4 is 11.3 Å². The number of hydrogen-bond acceptors (Lipinski definition) is 4. The van der Waals surface area contributed by atoms with Gasteiger partial charge < -0.3 is 10.1 Å². The van der Waals surface area contributed by atoms with Crippen LogP contribution in [0.1, 0.15) is 41.5 Å². The van der Waals surface area contributed by atoms with Gasteiger partial charge in [0.1, 0.15) is 0 Å². The molecule has 20 heavy (non-hydrogen) atoms. The first-order valence-electron chi connectivity index (χ1n) is 7.77. The summed E-state index contributed by atoms with van der Waals surface area (Å²) in [5, 5.41) is 3.61. The van der Waals surface area contributed by atoms with Crippen LogP contribution >= 0.6 is 11.3 Å². The van der Waals surface area contributed by atoms with Crippen LogP contribution in [-0.2, 0) is 17.8 Å². The third kappa shape index (κ3) is 3.42. The molecule has 0 spiro atoms. The Morgan fingerprint density at radius 3 is 2.85 bits per heavy atom. The first-order chi connectivity index (χ1) is 9.63. The lowest BCUT2D eigenvalue weighted by atomic mass is 10.1. The van der Waals surface area contributed by atoms with Crippen molar-refractivity contribution in [2.75, 3.05) is 13.7 Å². The van der Waals surface area contributed by atoms with E-state index in [2.05, 4.69) is 37.2 Å². The standard InChI is InChI=1S/C16H26N2OS/c1-11-16(6-7-19-11)18(3)10-13-8-15(20-12(13)2)9-17-14-4-5-14/h8,11,14,16-17H,4-7,9-10H2,1-3H3. The molecule has 2 fully saturated rings. The van der Waals surface area contributed by atoms with Crippen molar-refractivity contribution < 1.29 is 4.74 Å². The van der Waals surface area contributed by atoms with E-state index in [-0.39, 0.29) is 0 Å². The Labute approximate surface area is 126 Å². The Morgan fingerprint density at radius 2 is 2.20 bits per heavy atom. The molecule has 0 bridgehead atoms. The number of thiophene rings is 1. The minimum atomic E-state index is 0.370. The molecular weight excluding hydrogens is 268 g/mol. The zero-order valence-corrected chi connectivity index (χ0v) is 13.6. The van der Waals surface area contributed by atoms with Crippen molar-refractivity contribution in [1.82, 2.24) is 10.2 Å². The van der Waals surface area contributed by atoms with E-state index in [0.29, 0.717) is 12.1 Å². The summed E-state index contributed by atoms with van der Waals surface area (Å²) in [7, 11) is 2.23. The number of rotatable bonds is 6. The van der Waals surface area contributed by atoms with Crippen LogP contribution in [0.25, 0.3) is 0 Å². The van der Waals surface area contributed by atoms with E-state index < -0.39 is 0 Å². The number of aryl methyl sites for hydroxylation is 1. The maximum absolute atomic E-state index is 5.68. The fraction of sp³-hybridized carbons (Fsp3) is 0.750. The summed E-state index contributed by atoms with van der Waals surface area (Å²) in [5.74, 6) is 0. The number of hydrogen-bond donors (Lipinski definition) is 1. The van der Waals surface area contributed by atoms with E-state index in [4.69, 9.17) is 4.74 Å². The molecule has 1 aromatic heterocycles. The zero-order chi connectivity index (χ0) is 14.1. The van der Waals surface area contributed by atoms with Crippen molar-refractivity contribution in [3.63, 3.8) is 0 Å². The minimum Gasteiger partial charge on any atom is -0.377 e. The van der Waals surface area contributed by atoms with Crippen molar-refractivity contribution in [2.45, 2.75) is 64.4 Å². The number of ether oxygens (including phenoxy) is 1. The topological polar surface area (TPSA) is 24.5 Å². The molecule has 4 heteroatoms. The van der Waals surface area contributed by atoms with Crippen LogP contribution in [0.2, 0.25) is 0 Å². The third-order valence-electron chi connectivity index (χ3n) is 4.54. The summed E-state index contributed by atoms with van der Waals surface area (Å²) in [6.45, 7) is 7.45. The predicted molar refractivity (Wildman–Crippen MR) is 84.2 cm³/mol. The summed E-state index contributed by atoms with van der Waals surface area (Å²) in [6, 6.07) is 3.76. The van der Waals surface area contributed by atoms with Gasteiger partial charge in [-0.25, -0.2) is 0 Å². The van der Waals surface area contributed by atoms with Gasteiger partial charge in [0.2, 0.25) is 0 Å². The van der Waals surface area contributed by atoms with E-state index in [9.17, 15) is 0 Å². The fourth-order valence-corrected chi connectivity index (χ4v) is 4.05. The molecule has 2 aliphatic rings. The maximum atomic E-state index is 5.68. The first-order valence-corrected chi connectivity index (χ1v) is 8.58. The molecule has 1 saturated carbocycles. The quantitative estimate of drug-likeness (QED) is 0.873. The summed E-state index contributed by atoms with van der Waals surface area (Å²) in [4.78, 5) is 5.41. The summed E-state index contributed by atoms with van der Waals surface area (Å²) < 4.78 is 5.68. The molecule has 0 aromatic carbocycles. The molecule has 1 saturated heterocycles. The average Bonchev–Trinajstić information content (AvgIpc) is 3.05. The highest BCUT2D eigenvalue weighted by Gasteiger charge is 2.28. The van der Waals surface area contributed by atoms with E-state index in [1.807, 2.05) is 11.3 Å². The molecule has 2 unspecified atom stereocenters. The second-order valence-corrected chi connectivity index (χ2v) is 7.64. The Bertz CT molecular complexity index is 455. The lowest BCUT2D eigenvalue weighted by molar-refractivity contribution is 0.0814. The summed E-state index contributed by atoms with van der Waals surface area (Å²) in [5.41, 5.74) is 1.49. The van der Waals surface area contributed by atoms with Crippen LogP contribution in [0.15, 0.2) is 6.07 Å². The summed E-state index contributed by atoms with van der Waals surface area (Å²) >= 11 is 1.95. The fourth-order valence-electron chi connectivity index (χ4n) is 3.05. The second kappa shape index (κ2) is 6.14. The van der Waals surface area contributed by atoms with Gasteiger partial charge in [-0.05, 0) is 51.8 Å². The Kier molecular flexibility index (Phi) is 4.46. The molecule has 0 radical (unpaired) electrons. The number of likely N-dealkylation sites (N-methyl/N-ethyl adjacent to an activating group) is 1. The van der Waals surface area contributed by atoms with Gasteiger partial charge in [-0.3, -0.25) is 4.90 Å². The highest BCUT2D eigenvalue weighted by Crippen LogP contribution is 2.27. The van der Waals surface area contributed by atoms with Crippen LogP contribution in [0.5, 0.6) is 0 Å². The van der Waals surface area contributed by atoms with Gasteiger partial charge in [0.25, 0.3) is 0 Å². The lowest BCUT2D eigenvalue weighted by Crippen LogP contribution is -2.36. The third-order valence-corrected chi connectivity index (χ3v) is 5.63. The highest BCUT2D eigenvalue weighted by molar-refractivity contribution is 7.12.